The molecule has 0 unspecified atom stereocenters. The Morgan fingerprint density at radius 3 is 3.00 bits per heavy atom. The maximum atomic E-state index is 12.5. The predicted octanol–water partition coefficient (Wildman–Crippen LogP) is 2.54. The van der Waals surface area contributed by atoms with Crippen molar-refractivity contribution in [2.75, 3.05) is 13.1 Å². The highest BCUT2D eigenvalue weighted by molar-refractivity contribution is 6.30. The summed E-state index contributed by atoms with van der Waals surface area (Å²) >= 11 is 5.90. The van der Waals surface area contributed by atoms with Crippen LogP contribution >= 0.6 is 11.6 Å². The fourth-order valence-electron chi connectivity index (χ4n) is 2.66. The molecule has 1 aliphatic heterocycles. The Hall–Kier alpha value is -2.01. The van der Waals surface area contributed by atoms with Crippen molar-refractivity contribution < 1.29 is 4.79 Å². The van der Waals surface area contributed by atoms with E-state index in [-0.39, 0.29) is 11.8 Å². The summed E-state index contributed by atoms with van der Waals surface area (Å²) in [4.78, 5) is 26.6. The zero-order valence-corrected chi connectivity index (χ0v) is 12.2. The zero-order chi connectivity index (χ0) is 14.7. The number of amides is 1. The number of nitrogens with zero attached hydrogens (tertiary/aromatic N) is 4. The molecule has 21 heavy (non-hydrogen) atoms. The number of carbonyl (C=O) groups is 1. The van der Waals surface area contributed by atoms with Crippen LogP contribution in [-0.4, -0.2) is 38.8 Å². The first-order chi connectivity index (χ1) is 10.2. The SMILES string of the molecule is O=C(c1cncc(Cl)c1)N1CCC[C@@H](c2ccncn2)C1. The number of hydrogen-bond acceptors (Lipinski definition) is 4. The van der Waals surface area contributed by atoms with Crippen molar-refractivity contribution in [1.29, 1.82) is 0 Å². The lowest BCUT2D eigenvalue weighted by molar-refractivity contribution is 0.0705. The second-order valence-electron chi connectivity index (χ2n) is 5.12. The molecule has 3 heterocycles. The Kier molecular flexibility index (Phi) is 4.10. The van der Waals surface area contributed by atoms with E-state index in [2.05, 4.69) is 15.0 Å². The van der Waals surface area contributed by atoms with Gasteiger partial charge in [-0.25, -0.2) is 9.97 Å². The first kappa shape index (κ1) is 13.9. The molecule has 3 rings (SSSR count). The van der Waals surface area contributed by atoms with Gasteiger partial charge in [0.05, 0.1) is 10.6 Å². The number of halogens is 1. The largest absolute Gasteiger partial charge is 0.338 e. The Labute approximate surface area is 128 Å². The molecule has 2 aromatic heterocycles. The van der Waals surface area contributed by atoms with Crippen molar-refractivity contribution in [3.63, 3.8) is 0 Å². The Morgan fingerprint density at radius 2 is 2.24 bits per heavy atom. The lowest BCUT2D eigenvalue weighted by atomic mass is 9.94. The molecule has 108 valence electrons. The summed E-state index contributed by atoms with van der Waals surface area (Å²) < 4.78 is 0. The second-order valence-corrected chi connectivity index (χ2v) is 5.55. The number of aromatic nitrogens is 3. The molecule has 0 bridgehead atoms. The summed E-state index contributed by atoms with van der Waals surface area (Å²) in [5.41, 5.74) is 1.53. The Morgan fingerprint density at radius 1 is 1.33 bits per heavy atom. The molecule has 1 aliphatic rings. The summed E-state index contributed by atoms with van der Waals surface area (Å²) in [5, 5.41) is 0.477. The van der Waals surface area contributed by atoms with Gasteiger partial charge in [0, 0.05) is 43.3 Å². The quantitative estimate of drug-likeness (QED) is 0.855. The standard InChI is InChI=1S/C15H15ClN4O/c16-13-6-12(7-18-8-13)15(21)20-5-1-2-11(9-20)14-3-4-17-10-19-14/h3-4,6-8,10-11H,1-2,5,9H2/t11-/m1/s1. The first-order valence-electron chi connectivity index (χ1n) is 6.90. The van der Waals surface area contributed by atoms with Crippen molar-refractivity contribution in [3.8, 4) is 0 Å². The van der Waals surface area contributed by atoms with Crippen LogP contribution in [-0.2, 0) is 0 Å². The molecular formula is C15H15ClN4O. The van der Waals surface area contributed by atoms with E-state index in [9.17, 15) is 4.79 Å². The number of piperidine rings is 1. The van der Waals surface area contributed by atoms with Crippen LogP contribution in [0.5, 0.6) is 0 Å². The number of likely N-dealkylation sites (tertiary alicyclic amines) is 1. The van der Waals surface area contributed by atoms with Gasteiger partial charge in [-0.15, -0.1) is 0 Å². The highest BCUT2D eigenvalue weighted by Crippen LogP contribution is 2.26. The summed E-state index contributed by atoms with van der Waals surface area (Å²) in [6.07, 6.45) is 8.38. The van der Waals surface area contributed by atoms with Gasteiger partial charge in [-0.2, -0.15) is 0 Å². The van der Waals surface area contributed by atoms with Gasteiger partial charge in [-0.3, -0.25) is 9.78 Å². The van der Waals surface area contributed by atoms with E-state index >= 15 is 0 Å². The molecular weight excluding hydrogens is 288 g/mol. The van der Waals surface area contributed by atoms with Crippen molar-refractivity contribution in [3.05, 3.63) is 53.3 Å². The van der Waals surface area contributed by atoms with Gasteiger partial charge >= 0.3 is 0 Å². The van der Waals surface area contributed by atoms with E-state index < -0.39 is 0 Å². The smallest absolute Gasteiger partial charge is 0.255 e. The van der Waals surface area contributed by atoms with Crippen molar-refractivity contribution in [2.45, 2.75) is 18.8 Å². The lowest BCUT2D eigenvalue weighted by Gasteiger charge is -2.32. The number of hydrogen-bond donors (Lipinski definition) is 0. The van der Waals surface area contributed by atoms with Gasteiger partial charge in [0.15, 0.2) is 0 Å². The minimum Gasteiger partial charge on any atom is -0.338 e. The minimum atomic E-state index is -0.0243. The number of pyridine rings is 1. The van der Waals surface area contributed by atoms with Crippen LogP contribution in [0.1, 0.15) is 34.8 Å². The van der Waals surface area contributed by atoms with Crippen LogP contribution in [0.3, 0.4) is 0 Å². The van der Waals surface area contributed by atoms with Gasteiger partial charge in [0.25, 0.3) is 5.91 Å². The molecule has 6 heteroatoms. The highest BCUT2D eigenvalue weighted by Gasteiger charge is 2.26. The van der Waals surface area contributed by atoms with Crippen molar-refractivity contribution in [1.82, 2.24) is 19.9 Å². The Bertz CT molecular complexity index is 635. The number of carbonyl (C=O) groups excluding carboxylic acids is 1. The molecule has 2 aromatic rings. The third-order valence-corrected chi connectivity index (χ3v) is 3.89. The van der Waals surface area contributed by atoms with E-state index in [0.29, 0.717) is 17.1 Å². The molecule has 1 fully saturated rings. The molecule has 1 amide bonds. The summed E-state index contributed by atoms with van der Waals surface area (Å²) in [6, 6.07) is 3.57. The fraction of sp³-hybridized carbons (Fsp3) is 0.333. The molecule has 0 spiro atoms. The van der Waals surface area contributed by atoms with E-state index in [1.54, 1.807) is 24.8 Å². The first-order valence-corrected chi connectivity index (χ1v) is 7.27. The van der Waals surface area contributed by atoms with Crippen molar-refractivity contribution in [2.24, 2.45) is 0 Å². The third kappa shape index (κ3) is 3.19. The van der Waals surface area contributed by atoms with Gasteiger partial charge < -0.3 is 4.90 Å². The van der Waals surface area contributed by atoms with E-state index in [1.807, 2.05) is 11.0 Å². The molecule has 1 saturated heterocycles. The Balaban J connectivity index is 1.75. The lowest BCUT2D eigenvalue weighted by Crippen LogP contribution is -2.39. The van der Waals surface area contributed by atoms with Crippen molar-refractivity contribution >= 4 is 17.5 Å². The maximum absolute atomic E-state index is 12.5. The molecule has 0 N–H and O–H groups in total. The molecule has 5 nitrogen and oxygen atoms in total. The van der Waals surface area contributed by atoms with Crippen LogP contribution in [0.25, 0.3) is 0 Å². The predicted molar refractivity (Wildman–Crippen MR) is 79.2 cm³/mol. The third-order valence-electron chi connectivity index (χ3n) is 3.68. The molecule has 0 aliphatic carbocycles. The maximum Gasteiger partial charge on any atom is 0.255 e. The molecule has 0 saturated carbocycles. The summed E-state index contributed by atoms with van der Waals surface area (Å²) in [5.74, 6) is 0.238. The zero-order valence-electron chi connectivity index (χ0n) is 11.4. The van der Waals surface area contributed by atoms with Crippen LogP contribution in [0.2, 0.25) is 5.02 Å². The molecule has 1 atom stereocenters. The van der Waals surface area contributed by atoms with E-state index in [1.165, 1.54) is 6.20 Å². The minimum absolute atomic E-state index is 0.0243. The molecule has 0 radical (unpaired) electrons. The summed E-state index contributed by atoms with van der Waals surface area (Å²) in [7, 11) is 0. The van der Waals surface area contributed by atoms with Crippen LogP contribution in [0.15, 0.2) is 37.1 Å². The molecule has 0 aromatic carbocycles. The monoisotopic (exact) mass is 302 g/mol. The normalized spacial score (nSPS) is 18.5. The average molecular weight is 303 g/mol. The van der Waals surface area contributed by atoms with Crippen LogP contribution in [0, 0.1) is 0 Å². The van der Waals surface area contributed by atoms with Gasteiger partial charge in [-0.05, 0) is 25.0 Å². The fourth-order valence-corrected chi connectivity index (χ4v) is 2.83. The second kappa shape index (κ2) is 6.18. The number of rotatable bonds is 2. The van der Waals surface area contributed by atoms with Crippen LogP contribution < -0.4 is 0 Å². The average Bonchev–Trinajstić information content (AvgIpc) is 2.55. The van der Waals surface area contributed by atoms with E-state index in [0.717, 1.165) is 25.1 Å². The van der Waals surface area contributed by atoms with Gasteiger partial charge in [0.2, 0.25) is 0 Å². The highest BCUT2D eigenvalue weighted by atomic mass is 35.5. The summed E-state index contributed by atoms with van der Waals surface area (Å²) in [6.45, 7) is 1.43. The van der Waals surface area contributed by atoms with Crippen LogP contribution in [0.4, 0.5) is 0 Å². The van der Waals surface area contributed by atoms with E-state index in [4.69, 9.17) is 11.6 Å². The topological polar surface area (TPSA) is 59.0 Å². The van der Waals surface area contributed by atoms with Gasteiger partial charge in [0.1, 0.15) is 6.33 Å². The van der Waals surface area contributed by atoms with Gasteiger partial charge in [-0.1, -0.05) is 11.6 Å².